The van der Waals surface area contributed by atoms with Gasteiger partial charge in [-0.1, -0.05) is 32.6 Å². The van der Waals surface area contributed by atoms with E-state index in [1.165, 1.54) is 25.7 Å². The zero-order valence-electron chi connectivity index (χ0n) is 10.7. The van der Waals surface area contributed by atoms with E-state index in [0.29, 0.717) is 17.4 Å². The minimum atomic E-state index is 0.369. The Morgan fingerprint density at radius 3 is 2.94 bits per heavy atom. The van der Waals surface area contributed by atoms with E-state index in [1.54, 1.807) is 18.3 Å². The van der Waals surface area contributed by atoms with E-state index in [4.69, 9.17) is 5.26 Å². The lowest BCUT2D eigenvalue weighted by Gasteiger charge is -2.14. The highest BCUT2D eigenvalue weighted by Gasteiger charge is 2.06. The molecule has 1 aromatic rings. The number of hydrogen-bond acceptors (Lipinski definition) is 3. The number of hydrogen-bond donors (Lipinski definition) is 1. The number of pyridine rings is 1. The van der Waals surface area contributed by atoms with Crippen LogP contribution >= 0.6 is 0 Å². The summed E-state index contributed by atoms with van der Waals surface area (Å²) in [5.41, 5.74) is 0.618. The molecule has 0 aliphatic carbocycles. The molecule has 0 spiro atoms. The maximum Gasteiger partial charge on any atom is 0.144 e. The summed E-state index contributed by atoms with van der Waals surface area (Å²) in [7, 11) is 0. The Balaban J connectivity index is 2.40. The quantitative estimate of drug-likeness (QED) is 0.727. The van der Waals surface area contributed by atoms with E-state index in [1.807, 2.05) is 0 Å². The van der Waals surface area contributed by atoms with Gasteiger partial charge in [-0.3, -0.25) is 0 Å². The molecule has 0 amide bonds. The monoisotopic (exact) mass is 231 g/mol. The van der Waals surface area contributed by atoms with Crippen LogP contribution in [0.4, 0.5) is 5.82 Å². The second kappa shape index (κ2) is 7.67. The van der Waals surface area contributed by atoms with Gasteiger partial charge in [0.1, 0.15) is 11.9 Å². The maximum absolute atomic E-state index is 8.95. The fourth-order valence-electron chi connectivity index (χ4n) is 1.79. The third-order valence-electron chi connectivity index (χ3n) is 2.80. The zero-order valence-corrected chi connectivity index (χ0v) is 10.7. The minimum absolute atomic E-state index is 0.369. The number of nitrogens with one attached hydrogen (secondary N) is 1. The lowest BCUT2D eigenvalue weighted by atomic mass is 10.1. The topological polar surface area (TPSA) is 48.7 Å². The molecule has 1 heterocycles. The number of anilines is 1. The van der Waals surface area contributed by atoms with E-state index >= 15 is 0 Å². The molecule has 1 N–H and O–H groups in total. The van der Waals surface area contributed by atoms with Crippen LogP contribution in [0.3, 0.4) is 0 Å². The third kappa shape index (κ3) is 4.86. The van der Waals surface area contributed by atoms with Crippen molar-refractivity contribution in [2.45, 2.75) is 52.0 Å². The van der Waals surface area contributed by atoms with Crippen LogP contribution in [0.1, 0.15) is 51.5 Å². The molecular weight excluding hydrogens is 210 g/mol. The van der Waals surface area contributed by atoms with Crippen LogP contribution < -0.4 is 5.32 Å². The van der Waals surface area contributed by atoms with Crippen LogP contribution in [0.25, 0.3) is 0 Å². The summed E-state index contributed by atoms with van der Waals surface area (Å²) >= 11 is 0. The van der Waals surface area contributed by atoms with Gasteiger partial charge in [-0.05, 0) is 25.5 Å². The maximum atomic E-state index is 8.95. The predicted molar refractivity (Wildman–Crippen MR) is 70.8 cm³/mol. The lowest BCUT2D eigenvalue weighted by molar-refractivity contribution is 0.593. The van der Waals surface area contributed by atoms with E-state index in [0.717, 1.165) is 6.42 Å². The molecule has 0 bridgehead atoms. The average molecular weight is 231 g/mol. The fraction of sp³-hybridized carbons (Fsp3) is 0.571. The van der Waals surface area contributed by atoms with Crippen molar-refractivity contribution in [3.05, 3.63) is 23.9 Å². The number of rotatable bonds is 7. The summed E-state index contributed by atoms with van der Waals surface area (Å²) < 4.78 is 0. The number of nitrogens with zero attached hydrogens (tertiary/aromatic N) is 2. The summed E-state index contributed by atoms with van der Waals surface area (Å²) in [5, 5.41) is 12.3. The minimum Gasteiger partial charge on any atom is -0.367 e. The molecule has 1 unspecified atom stereocenters. The SMILES string of the molecule is CCCCCCC(C)Nc1ncccc1C#N. The number of nitriles is 1. The average Bonchev–Trinajstić information content (AvgIpc) is 2.35. The van der Waals surface area contributed by atoms with Gasteiger partial charge >= 0.3 is 0 Å². The van der Waals surface area contributed by atoms with Crippen molar-refractivity contribution in [1.82, 2.24) is 4.98 Å². The Kier molecular flexibility index (Phi) is 6.09. The molecule has 0 saturated heterocycles. The van der Waals surface area contributed by atoms with Crippen molar-refractivity contribution in [2.24, 2.45) is 0 Å². The van der Waals surface area contributed by atoms with Gasteiger partial charge < -0.3 is 5.32 Å². The number of unbranched alkanes of at least 4 members (excludes halogenated alkanes) is 3. The first-order chi connectivity index (χ1) is 8.27. The van der Waals surface area contributed by atoms with Crippen LogP contribution in [0.15, 0.2) is 18.3 Å². The van der Waals surface area contributed by atoms with Crippen molar-refractivity contribution >= 4 is 5.82 Å². The molecule has 0 radical (unpaired) electrons. The molecule has 1 aromatic heterocycles. The largest absolute Gasteiger partial charge is 0.367 e. The first-order valence-corrected chi connectivity index (χ1v) is 6.39. The van der Waals surface area contributed by atoms with Crippen molar-refractivity contribution in [3.8, 4) is 6.07 Å². The standard InChI is InChI=1S/C14H21N3/c1-3-4-5-6-8-12(2)17-14-13(11-15)9-7-10-16-14/h7,9-10,12H,3-6,8H2,1-2H3,(H,16,17). The van der Waals surface area contributed by atoms with Crippen molar-refractivity contribution in [1.29, 1.82) is 5.26 Å². The first kappa shape index (κ1) is 13.5. The molecule has 0 aliphatic rings. The summed E-state index contributed by atoms with van der Waals surface area (Å²) in [5.74, 6) is 0.706. The van der Waals surface area contributed by atoms with Crippen molar-refractivity contribution < 1.29 is 0 Å². The van der Waals surface area contributed by atoms with Gasteiger partial charge in [0.2, 0.25) is 0 Å². The highest BCUT2D eigenvalue weighted by molar-refractivity contribution is 5.51. The third-order valence-corrected chi connectivity index (χ3v) is 2.80. The molecular formula is C14H21N3. The normalized spacial score (nSPS) is 11.8. The smallest absolute Gasteiger partial charge is 0.144 e. The summed E-state index contributed by atoms with van der Waals surface area (Å²) in [6.45, 7) is 4.36. The van der Waals surface area contributed by atoms with Gasteiger partial charge in [-0.2, -0.15) is 5.26 Å². The van der Waals surface area contributed by atoms with Gasteiger partial charge in [0.15, 0.2) is 0 Å². The molecule has 1 atom stereocenters. The van der Waals surface area contributed by atoms with Gasteiger partial charge in [0, 0.05) is 12.2 Å². The number of aromatic nitrogens is 1. The van der Waals surface area contributed by atoms with Crippen LogP contribution in [-0.2, 0) is 0 Å². The molecule has 1 rings (SSSR count). The van der Waals surface area contributed by atoms with Gasteiger partial charge in [0.25, 0.3) is 0 Å². The molecule has 0 aliphatic heterocycles. The van der Waals surface area contributed by atoms with Crippen LogP contribution in [0.5, 0.6) is 0 Å². The van der Waals surface area contributed by atoms with E-state index in [-0.39, 0.29) is 0 Å². The Morgan fingerprint density at radius 1 is 1.41 bits per heavy atom. The van der Waals surface area contributed by atoms with E-state index < -0.39 is 0 Å². The molecule has 0 aromatic carbocycles. The van der Waals surface area contributed by atoms with Crippen molar-refractivity contribution in [3.63, 3.8) is 0 Å². The molecule has 3 nitrogen and oxygen atoms in total. The Hall–Kier alpha value is -1.56. The second-order valence-corrected chi connectivity index (χ2v) is 4.41. The van der Waals surface area contributed by atoms with Crippen LogP contribution in [0, 0.1) is 11.3 Å². The Labute approximate surface area is 104 Å². The van der Waals surface area contributed by atoms with E-state index in [2.05, 4.69) is 30.2 Å². The molecule has 0 saturated carbocycles. The summed E-state index contributed by atoms with van der Waals surface area (Å²) in [6.07, 6.45) is 7.93. The molecule has 92 valence electrons. The molecule has 17 heavy (non-hydrogen) atoms. The Bertz CT molecular complexity index is 368. The van der Waals surface area contributed by atoms with Gasteiger partial charge in [-0.15, -0.1) is 0 Å². The van der Waals surface area contributed by atoms with Crippen LogP contribution in [-0.4, -0.2) is 11.0 Å². The van der Waals surface area contributed by atoms with Crippen LogP contribution in [0.2, 0.25) is 0 Å². The first-order valence-electron chi connectivity index (χ1n) is 6.39. The summed E-state index contributed by atoms with van der Waals surface area (Å²) in [4.78, 5) is 4.20. The highest BCUT2D eigenvalue weighted by atomic mass is 15.0. The van der Waals surface area contributed by atoms with E-state index in [9.17, 15) is 0 Å². The zero-order chi connectivity index (χ0) is 12.5. The highest BCUT2D eigenvalue weighted by Crippen LogP contribution is 2.14. The fourth-order valence-corrected chi connectivity index (χ4v) is 1.79. The molecule has 3 heteroatoms. The second-order valence-electron chi connectivity index (χ2n) is 4.41. The summed E-state index contributed by atoms with van der Waals surface area (Å²) in [6, 6.07) is 6.10. The molecule has 0 fully saturated rings. The van der Waals surface area contributed by atoms with Gasteiger partial charge in [0.05, 0.1) is 5.56 Å². The Morgan fingerprint density at radius 2 is 2.24 bits per heavy atom. The van der Waals surface area contributed by atoms with Gasteiger partial charge in [-0.25, -0.2) is 4.98 Å². The lowest BCUT2D eigenvalue weighted by Crippen LogP contribution is -2.16. The predicted octanol–water partition coefficient (Wildman–Crippen LogP) is 3.72. The van der Waals surface area contributed by atoms with Crippen molar-refractivity contribution in [2.75, 3.05) is 5.32 Å².